The molecule has 90 valence electrons. The Morgan fingerprint density at radius 1 is 1.29 bits per heavy atom. The molecule has 2 aromatic rings. The van der Waals surface area contributed by atoms with Gasteiger partial charge in [0, 0.05) is 26.0 Å². The fourth-order valence-corrected chi connectivity index (χ4v) is 1.59. The van der Waals surface area contributed by atoms with E-state index in [0.29, 0.717) is 6.61 Å². The van der Waals surface area contributed by atoms with Crippen LogP contribution in [0, 0.1) is 0 Å². The van der Waals surface area contributed by atoms with Crippen LogP contribution in [0.4, 0.5) is 0 Å². The molecule has 4 nitrogen and oxygen atoms in total. The van der Waals surface area contributed by atoms with Crippen molar-refractivity contribution in [3.8, 4) is 5.75 Å². The largest absolute Gasteiger partial charge is 0.486 e. The number of rotatable bonds is 5. The second kappa shape index (κ2) is 5.50. The number of nitrogens with one attached hydrogen (secondary N) is 1. The van der Waals surface area contributed by atoms with E-state index in [1.165, 1.54) is 5.56 Å². The average molecular weight is 231 g/mol. The summed E-state index contributed by atoms with van der Waals surface area (Å²) in [6, 6.07) is 8.08. The van der Waals surface area contributed by atoms with Crippen molar-refractivity contribution >= 4 is 0 Å². The highest BCUT2D eigenvalue weighted by atomic mass is 16.5. The first-order valence-electron chi connectivity index (χ1n) is 5.62. The zero-order chi connectivity index (χ0) is 12.1. The van der Waals surface area contributed by atoms with Crippen LogP contribution in [0.15, 0.2) is 36.7 Å². The number of benzene rings is 1. The summed E-state index contributed by atoms with van der Waals surface area (Å²) in [5.74, 6) is 1.79. The van der Waals surface area contributed by atoms with E-state index in [1.807, 2.05) is 37.0 Å². The summed E-state index contributed by atoms with van der Waals surface area (Å²) < 4.78 is 7.61. The van der Waals surface area contributed by atoms with E-state index in [4.69, 9.17) is 4.74 Å². The van der Waals surface area contributed by atoms with Crippen molar-refractivity contribution in [2.75, 3.05) is 7.05 Å². The first kappa shape index (κ1) is 11.7. The Morgan fingerprint density at radius 3 is 2.65 bits per heavy atom. The summed E-state index contributed by atoms with van der Waals surface area (Å²) in [6.07, 6.45) is 3.68. The quantitative estimate of drug-likeness (QED) is 0.851. The molecule has 0 atom stereocenters. The van der Waals surface area contributed by atoms with Crippen LogP contribution in [0.1, 0.15) is 11.4 Å². The highest BCUT2D eigenvalue weighted by molar-refractivity contribution is 5.27. The number of aryl methyl sites for hydroxylation is 1. The van der Waals surface area contributed by atoms with Crippen molar-refractivity contribution in [2.45, 2.75) is 13.2 Å². The van der Waals surface area contributed by atoms with Crippen LogP contribution in [0.2, 0.25) is 0 Å². The molecule has 0 radical (unpaired) electrons. The average Bonchev–Trinajstić information content (AvgIpc) is 2.75. The molecule has 0 spiro atoms. The predicted octanol–water partition coefficient (Wildman–Crippen LogP) is 1.72. The molecule has 0 unspecified atom stereocenters. The maximum atomic E-state index is 5.66. The SMILES string of the molecule is CNCc1ccc(OCc2nccn2C)cc1. The fourth-order valence-electron chi connectivity index (χ4n) is 1.59. The molecule has 0 aliphatic rings. The lowest BCUT2D eigenvalue weighted by atomic mass is 10.2. The van der Waals surface area contributed by atoms with Gasteiger partial charge >= 0.3 is 0 Å². The lowest BCUT2D eigenvalue weighted by Gasteiger charge is -2.07. The molecule has 0 amide bonds. The number of aromatic nitrogens is 2. The van der Waals surface area contributed by atoms with Crippen LogP contribution in [0.3, 0.4) is 0 Å². The van der Waals surface area contributed by atoms with Crippen LogP contribution < -0.4 is 10.1 Å². The number of hydrogen-bond acceptors (Lipinski definition) is 3. The van der Waals surface area contributed by atoms with Gasteiger partial charge in [-0.15, -0.1) is 0 Å². The summed E-state index contributed by atoms with van der Waals surface area (Å²) in [7, 11) is 3.90. The maximum absolute atomic E-state index is 5.66. The van der Waals surface area contributed by atoms with E-state index >= 15 is 0 Å². The third-order valence-electron chi connectivity index (χ3n) is 2.59. The molecular formula is C13H17N3O. The smallest absolute Gasteiger partial charge is 0.146 e. The minimum Gasteiger partial charge on any atom is -0.486 e. The van der Waals surface area contributed by atoms with Gasteiger partial charge in [0.1, 0.15) is 18.2 Å². The molecule has 0 aliphatic carbocycles. The zero-order valence-electron chi connectivity index (χ0n) is 10.2. The van der Waals surface area contributed by atoms with Gasteiger partial charge in [-0.3, -0.25) is 0 Å². The molecule has 1 heterocycles. The maximum Gasteiger partial charge on any atom is 0.146 e. The van der Waals surface area contributed by atoms with Crippen molar-refractivity contribution < 1.29 is 4.74 Å². The topological polar surface area (TPSA) is 39.1 Å². The Hall–Kier alpha value is -1.81. The van der Waals surface area contributed by atoms with Crippen molar-refractivity contribution in [2.24, 2.45) is 7.05 Å². The minimum absolute atomic E-state index is 0.495. The van der Waals surface area contributed by atoms with Gasteiger partial charge in [0.15, 0.2) is 0 Å². The molecule has 0 saturated carbocycles. The van der Waals surface area contributed by atoms with Crippen molar-refractivity contribution in [1.82, 2.24) is 14.9 Å². The summed E-state index contributed by atoms with van der Waals surface area (Å²) in [4.78, 5) is 4.21. The molecule has 17 heavy (non-hydrogen) atoms. The monoisotopic (exact) mass is 231 g/mol. The Balaban J connectivity index is 1.93. The third kappa shape index (κ3) is 3.07. The second-order valence-electron chi connectivity index (χ2n) is 3.92. The number of nitrogens with zero attached hydrogens (tertiary/aromatic N) is 2. The Morgan fingerprint density at radius 2 is 2.06 bits per heavy atom. The van der Waals surface area contributed by atoms with Gasteiger partial charge < -0.3 is 14.6 Å². The third-order valence-corrected chi connectivity index (χ3v) is 2.59. The standard InChI is InChI=1S/C13H17N3O/c1-14-9-11-3-5-12(6-4-11)17-10-13-15-7-8-16(13)2/h3-8,14H,9-10H2,1-2H3. The molecule has 1 aromatic heterocycles. The Kier molecular flexibility index (Phi) is 3.77. The molecule has 0 bridgehead atoms. The number of ether oxygens (including phenoxy) is 1. The first-order valence-corrected chi connectivity index (χ1v) is 5.62. The predicted molar refractivity (Wildman–Crippen MR) is 66.7 cm³/mol. The minimum atomic E-state index is 0.495. The normalized spacial score (nSPS) is 10.5. The fraction of sp³-hybridized carbons (Fsp3) is 0.308. The molecule has 1 aromatic carbocycles. The number of hydrogen-bond donors (Lipinski definition) is 1. The van der Waals surface area contributed by atoms with Crippen molar-refractivity contribution in [1.29, 1.82) is 0 Å². The second-order valence-corrected chi connectivity index (χ2v) is 3.92. The number of imidazole rings is 1. The molecule has 2 rings (SSSR count). The summed E-state index contributed by atoms with van der Waals surface area (Å²) >= 11 is 0. The van der Waals surface area contributed by atoms with E-state index in [9.17, 15) is 0 Å². The van der Waals surface area contributed by atoms with Crippen LogP contribution in [0.25, 0.3) is 0 Å². The van der Waals surface area contributed by atoms with Crippen molar-refractivity contribution in [3.63, 3.8) is 0 Å². The first-order chi connectivity index (χ1) is 8.29. The van der Waals surface area contributed by atoms with Gasteiger partial charge in [-0.2, -0.15) is 0 Å². The Bertz CT molecular complexity index is 462. The van der Waals surface area contributed by atoms with E-state index < -0.39 is 0 Å². The molecule has 0 saturated heterocycles. The molecule has 0 aliphatic heterocycles. The van der Waals surface area contributed by atoms with Gasteiger partial charge in [-0.1, -0.05) is 12.1 Å². The van der Waals surface area contributed by atoms with E-state index in [2.05, 4.69) is 22.4 Å². The highest BCUT2D eigenvalue weighted by Crippen LogP contribution is 2.13. The summed E-state index contributed by atoms with van der Waals surface area (Å²) in [5, 5.41) is 3.11. The highest BCUT2D eigenvalue weighted by Gasteiger charge is 2.00. The van der Waals surface area contributed by atoms with E-state index in [1.54, 1.807) is 6.20 Å². The van der Waals surface area contributed by atoms with Crippen LogP contribution in [-0.4, -0.2) is 16.6 Å². The summed E-state index contributed by atoms with van der Waals surface area (Å²) in [6.45, 7) is 1.37. The Labute approximate surface area is 101 Å². The molecular weight excluding hydrogens is 214 g/mol. The van der Waals surface area contributed by atoms with Crippen LogP contribution >= 0.6 is 0 Å². The van der Waals surface area contributed by atoms with Crippen molar-refractivity contribution in [3.05, 3.63) is 48.0 Å². The molecule has 1 N–H and O–H groups in total. The van der Waals surface area contributed by atoms with Crippen LogP contribution in [-0.2, 0) is 20.2 Å². The van der Waals surface area contributed by atoms with Gasteiger partial charge in [-0.25, -0.2) is 4.98 Å². The molecule has 4 heteroatoms. The summed E-state index contributed by atoms with van der Waals surface area (Å²) in [5.41, 5.74) is 1.25. The van der Waals surface area contributed by atoms with E-state index in [-0.39, 0.29) is 0 Å². The van der Waals surface area contributed by atoms with Gasteiger partial charge in [0.05, 0.1) is 0 Å². The van der Waals surface area contributed by atoms with Gasteiger partial charge in [0.25, 0.3) is 0 Å². The van der Waals surface area contributed by atoms with Gasteiger partial charge in [0.2, 0.25) is 0 Å². The lowest BCUT2D eigenvalue weighted by Crippen LogP contribution is -2.05. The van der Waals surface area contributed by atoms with Gasteiger partial charge in [-0.05, 0) is 24.7 Å². The molecule has 0 fully saturated rings. The van der Waals surface area contributed by atoms with E-state index in [0.717, 1.165) is 18.1 Å². The lowest BCUT2D eigenvalue weighted by molar-refractivity contribution is 0.291. The van der Waals surface area contributed by atoms with Crippen LogP contribution in [0.5, 0.6) is 5.75 Å². The zero-order valence-corrected chi connectivity index (χ0v) is 10.2.